The van der Waals surface area contributed by atoms with Gasteiger partial charge in [0, 0.05) is 25.7 Å². The summed E-state index contributed by atoms with van der Waals surface area (Å²) in [5, 5.41) is 0. The summed E-state index contributed by atoms with van der Waals surface area (Å²) < 4.78 is 0. The minimum atomic E-state index is 0.449. The van der Waals surface area contributed by atoms with Gasteiger partial charge in [-0.05, 0) is 42.2 Å². The highest BCUT2D eigenvalue weighted by molar-refractivity contribution is 5.27. The van der Waals surface area contributed by atoms with Crippen LogP contribution in [-0.2, 0) is 13.0 Å². The lowest BCUT2D eigenvalue weighted by atomic mass is 9.78. The standard InChI is InChI=1S/C17H26N2/c1-2-13-6-3-4-7-14(13)10-19-11-15-8-5-9-17(18)16(15)12-19/h3-4,6-7,15-17H,2,5,8-12,18H2,1H3. The van der Waals surface area contributed by atoms with E-state index in [4.69, 9.17) is 5.73 Å². The molecule has 3 atom stereocenters. The van der Waals surface area contributed by atoms with Crippen molar-refractivity contribution in [1.29, 1.82) is 0 Å². The summed E-state index contributed by atoms with van der Waals surface area (Å²) in [6.45, 7) is 5.84. The van der Waals surface area contributed by atoms with Gasteiger partial charge in [0.05, 0.1) is 0 Å². The highest BCUT2D eigenvalue weighted by Gasteiger charge is 2.38. The van der Waals surface area contributed by atoms with Crippen LogP contribution in [0.5, 0.6) is 0 Å². The van der Waals surface area contributed by atoms with Crippen LogP contribution >= 0.6 is 0 Å². The maximum absolute atomic E-state index is 6.30. The van der Waals surface area contributed by atoms with Crippen molar-refractivity contribution in [3.63, 3.8) is 0 Å². The minimum absolute atomic E-state index is 0.449. The van der Waals surface area contributed by atoms with Gasteiger partial charge >= 0.3 is 0 Å². The number of aryl methyl sites for hydroxylation is 1. The molecule has 1 saturated carbocycles. The van der Waals surface area contributed by atoms with Crippen molar-refractivity contribution < 1.29 is 0 Å². The van der Waals surface area contributed by atoms with Gasteiger partial charge in [0.2, 0.25) is 0 Å². The first-order valence-electron chi connectivity index (χ1n) is 7.82. The predicted molar refractivity (Wildman–Crippen MR) is 79.9 cm³/mol. The van der Waals surface area contributed by atoms with E-state index in [-0.39, 0.29) is 0 Å². The zero-order valence-electron chi connectivity index (χ0n) is 12.0. The van der Waals surface area contributed by atoms with Crippen molar-refractivity contribution in [2.45, 2.75) is 45.2 Å². The highest BCUT2D eigenvalue weighted by atomic mass is 15.2. The summed E-state index contributed by atoms with van der Waals surface area (Å²) >= 11 is 0. The van der Waals surface area contributed by atoms with E-state index in [1.807, 2.05) is 0 Å². The first kappa shape index (κ1) is 13.1. The normalized spacial score (nSPS) is 31.4. The molecule has 2 aliphatic rings. The van der Waals surface area contributed by atoms with E-state index in [2.05, 4.69) is 36.1 Å². The summed E-state index contributed by atoms with van der Waals surface area (Å²) in [6, 6.07) is 9.33. The Morgan fingerprint density at radius 3 is 2.68 bits per heavy atom. The maximum atomic E-state index is 6.30. The molecule has 0 bridgehead atoms. The Morgan fingerprint density at radius 2 is 1.95 bits per heavy atom. The zero-order chi connectivity index (χ0) is 13.2. The fourth-order valence-corrected chi connectivity index (χ4v) is 4.04. The molecular weight excluding hydrogens is 232 g/mol. The van der Waals surface area contributed by atoms with Crippen LogP contribution in [0.3, 0.4) is 0 Å². The summed E-state index contributed by atoms with van der Waals surface area (Å²) in [5.74, 6) is 1.61. The fraction of sp³-hybridized carbons (Fsp3) is 0.647. The Kier molecular flexibility index (Phi) is 3.90. The lowest BCUT2D eigenvalue weighted by Gasteiger charge is -2.29. The Labute approximate surface area is 117 Å². The summed E-state index contributed by atoms with van der Waals surface area (Å²) in [6.07, 6.45) is 5.10. The third-order valence-corrected chi connectivity index (χ3v) is 5.12. The second kappa shape index (κ2) is 5.64. The van der Waals surface area contributed by atoms with Gasteiger partial charge in [-0.3, -0.25) is 4.90 Å². The first-order chi connectivity index (χ1) is 9.28. The number of likely N-dealkylation sites (tertiary alicyclic amines) is 1. The molecule has 3 rings (SSSR count). The van der Waals surface area contributed by atoms with E-state index in [9.17, 15) is 0 Å². The van der Waals surface area contributed by atoms with Crippen LogP contribution in [0.4, 0.5) is 0 Å². The SMILES string of the molecule is CCc1ccccc1CN1CC2CCCC(N)C2C1. The van der Waals surface area contributed by atoms with Gasteiger partial charge in [0.25, 0.3) is 0 Å². The van der Waals surface area contributed by atoms with Crippen LogP contribution in [0.25, 0.3) is 0 Å². The van der Waals surface area contributed by atoms with Gasteiger partial charge in [-0.1, -0.05) is 37.6 Å². The van der Waals surface area contributed by atoms with Crippen LogP contribution in [0.1, 0.15) is 37.3 Å². The van der Waals surface area contributed by atoms with Crippen LogP contribution in [-0.4, -0.2) is 24.0 Å². The molecule has 2 heteroatoms. The second-order valence-corrected chi connectivity index (χ2v) is 6.34. The number of hydrogen-bond donors (Lipinski definition) is 1. The average molecular weight is 258 g/mol. The van der Waals surface area contributed by atoms with Gasteiger partial charge in [0.15, 0.2) is 0 Å². The smallest absolute Gasteiger partial charge is 0.0236 e. The number of fused-ring (bicyclic) bond motifs is 1. The fourth-order valence-electron chi connectivity index (χ4n) is 4.04. The Morgan fingerprint density at radius 1 is 1.16 bits per heavy atom. The monoisotopic (exact) mass is 258 g/mol. The molecule has 1 aromatic rings. The molecule has 1 saturated heterocycles. The molecule has 3 unspecified atom stereocenters. The topological polar surface area (TPSA) is 29.3 Å². The maximum Gasteiger partial charge on any atom is 0.0236 e. The molecule has 2 N–H and O–H groups in total. The number of nitrogens with zero attached hydrogens (tertiary/aromatic N) is 1. The molecule has 1 aromatic carbocycles. The predicted octanol–water partition coefficient (Wildman–Crippen LogP) is 2.81. The molecule has 0 amide bonds. The van der Waals surface area contributed by atoms with E-state index in [0.29, 0.717) is 6.04 Å². The van der Waals surface area contributed by atoms with Crippen LogP contribution < -0.4 is 5.73 Å². The molecule has 19 heavy (non-hydrogen) atoms. The Bertz CT molecular complexity index is 429. The molecule has 0 spiro atoms. The van der Waals surface area contributed by atoms with Gasteiger partial charge in [-0.15, -0.1) is 0 Å². The quantitative estimate of drug-likeness (QED) is 0.903. The lowest BCUT2D eigenvalue weighted by Crippen LogP contribution is -2.38. The number of nitrogens with two attached hydrogens (primary N) is 1. The largest absolute Gasteiger partial charge is 0.327 e. The number of hydrogen-bond acceptors (Lipinski definition) is 2. The molecule has 1 heterocycles. The molecule has 104 valence electrons. The third-order valence-electron chi connectivity index (χ3n) is 5.12. The van der Waals surface area contributed by atoms with Crippen molar-refractivity contribution >= 4 is 0 Å². The van der Waals surface area contributed by atoms with Crippen molar-refractivity contribution in [3.05, 3.63) is 35.4 Å². The van der Waals surface area contributed by atoms with Crippen molar-refractivity contribution in [1.82, 2.24) is 4.90 Å². The molecule has 1 aliphatic carbocycles. The van der Waals surface area contributed by atoms with Crippen LogP contribution in [0.2, 0.25) is 0 Å². The minimum Gasteiger partial charge on any atom is -0.327 e. The third kappa shape index (κ3) is 2.70. The molecule has 0 radical (unpaired) electrons. The van der Waals surface area contributed by atoms with Gasteiger partial charge in [-0.25, -0.2) is 0 Å². The number of benzene rings is 1. The molecule has 2 nitrogen and oxygen atoms in total. The molecular formula is C17H26N2. The lowest BCUT2D eigenvalue weighted by molar-refractivity contribution is 0.259. The number of rotatable bonds is 3. The Hall–Kier alpha value is -0.860. The van der Waals surface area contributed by atoms with E-state index >= 15 is 0 Å². The van der Waals surface area contributed by atoms with Crippen LogP contribution in [0, 0.1) is 11.8 Å². The highest BCUT2D eigenvalue weighted by Crippen LogP contribution is 2.36. The van der Waals surface area contributed by atoms with Crippen molar-refractivity contribution in [2.24, 2.45) is 17.6 Å². The summed E-state index contributed by atoms with van der Waals surface area (Å²) in [7, 11) is 0. The second-order valence-electron chi connectivity index (χ2n) is 6.34. The summed E-state index contributed by atoms with van der Waals surface area (Å²) in [4.78, 5) is 2.63. The average Bonchev–Trinajstić information content (AvgIpc) is 2.83. The van der Waals surface area contributed by atoms with E-state index in [1.165, 1.54) is 43.5 Å². The van der Waals surface area contributed by atoms with Gasteiger partial charge in [-0.2, -0.15) is 0 Å². The van der Waals surface area contributed by atoms with Gasteiger partial charge in [0.1, 0.15) is 0 Å². The van der Waals surface area contributed by atoms with Crippen molar-refractivity contribution in [2.75, 3.05) is 13.1 Å². The first-order valence-corrected chi connectivity index (χ1v) is 7.82. The zero-order valence-corrected chi connectivity index (χ0v) is 12.0. The van der Waals surface area contributed by atoms with Crippen LogP contribution in [0.15, 0.2) is 24.3 Å². The summed E-state index contributed by atoms with van der Waals surface area (Å²) in [5.41, 5.74) is 9.32. The van der Waals surface area contributed by atoms with Gasteiger partial charge < -0.3 is 5.73 Å². The molecule has 0 aromatic heterocycles. The van der Waals surface area contributed by atoms with E-state index in [0.717, 1.165) is 24.8 Å². The molecule has 2 fully saturated rings. The van der Waals surface area contributed by atoms with E-state index in [1.54, 1.807) is 0 Å². The van der Waals surface area contributed by atoms with E-state index < -0.39 is 0 Å². The molecule has 1 aliphatic heterocycles. The Balaban J connectivity index is 1.68. The van der Waals surface area contributed by atoms with Crippen molar-refractivity contribution in [3.8, 4) is 0 Å².